The summed E-state index contributed by atoms with van der Waals surface area (Å²) in [6, 6.07) is 16.8. The van der Waals surface area contributed by atoms with Gasteiger partial charge in [0.2, 0.25) is 0 Å². The lowest BCUT2D eigenvalue weighted by Gasteiger charge is -2.17. The lowest BCUT2D eigenvalue weighted by molar-refractivity contribution is 0.417. The van der Waals surface area contributed by atoms with Gasteiger partial charge in [0.25, 0.3) is 10.0 Å². The standard InChI is InChI=1S/C26H25N3O3S/c1-5-15-24(29-33(31,32)22-18-13-10-14-19-22)25(20(6-2)7-3)26(30)23(8-4)28-27-21-16-11-9-12-17-21/h5-19,29-30H,1-4H2/b24-15+,26-23-,28-27+. The van der Waals surface area contributed by atoms with Crippen LogP contribution in [0.5, 0.6) is 0 Å². The Bertz CT molecular complexity index is 1240. The number of azo groups is 1. The van der Waals surface area contributed by atoms with Crippen molar-refractivity contribution in [3.8, 4) is 0 Å². The van der Waals surface area contributed by atoms with E-state index in [0.29, 0.717) is 11.3 Å². The second-order valence-electron chi connectivity index (χ2n) is 6.45. The highest BCUT2D eigenvalue weighted by Crippen LogP contribution is 2.27. The van der Waals surface area contributed by atoms with Gasteiger partial charge in [-0.15, -0.1) is 5.11 Å². The highest BCUT2D eigenvalue weighted by molar-refractivity contribution is 7.89. The molecule has 0 spiro atoms. The number of benzene rings is 2. The second kappa shape index (κ2) is 12.0. The van der Waals surface area contributed by atoms with Gasteiger partial charge in [0.1, 0.15) is 5.70 Å². The van der Waals surface area contributed by atoms with Crippen LogP contribution in [0.2, 0.25) is 0 Å². The Morgan fingerprint density at radius 1 is 0.879 bits per heavy atom. The molecule has 0 saturated heterocycles. The number of hydrogen-bond acceptors (Lipinski definition) is 5. The van der Waals surface area contributed by atoms with Gasteiger partial charge in [-0.2, -0.15) is 5.11 Å². The van der Waals surface area contributed by atoms with Gasteiger partial charge in [0, 0.05) is 5.57 Å². The van der Waals surface area contributed by atoms with E-state index in [9.17, 15) is 13.5 Å². The molecule has 6 nitrogen and oxygen atoms in total. The van der Waals surface area contributed by atoms with E-state index in [1.54, 1.807) is 42.5 Å². The van der Waals surface area contributed by atoms with E-state index in [1.807, 2.05) is 6.07 Å². The van der Waals surface area contributed by atoms with Crippen molar-refractivity contribution in [2.24, 2.45) is 10.2 Å². The van der Waals surface area contributed by atoms with Crippen LogP contribution >= 0.6 is 0 Å². The van der Waals surface area contributed by atoms with Crippen LogP contribution < -0.4 is 4.72 Å². The molecule has 0 aliphatic rings. The molecule has 168 valence electrons. The van der Waals surface area contributed by atoms with Gasteiger partial charge < -0.3 is 5.11 Å². The molecule has 2 aromatic rings. The fraction of sp³-hybridized carbons (Fsp3) is 0. The zero-order chi connectivity index (χ0) is 24.3. The molecule has 0 fully saturated rings. The third kappa shape index (κ3) is 6.62. The van der Waals surface area contributed by atoms with Crippen LogP contribution in [0.1, 0.15) is 0 Å². The van der Waals surface area contributed by atoms with Crippen LogP contribution in [0.15, 0.2) is 161 Å². The van der Waals surface area contributed by atoms with Crippen LogP contribution in [0.4, 0.5) is 5.69 Å². The van der Waals surface area contributed by atoms with E-state index in [4.69, 9.17) is 0 Å². The van der Waals surface area contributed by atoms with E-state index in [2.05, 4.69) is 41.3 Å². The SMILES string of the molecule is C=C/C=C(/NS(=O)(=O)c1ccccc1)C(=C(C=C)C=C)/C(O)=C(C=C)/N=N/c1ccccc1. The van der Waals surface area contributed by atoms with E-state index in [0.717, 1.165) is 0 Å². The number of nitrogens with one attached hydrogen (secondary N) is 1. The van der Waals surface area contributed by atoms with Crippen LogP contribution in [-0.2, 0) is 10.0 Å². The normalized spacial score (nSPS) is 12.4. The number of hydrogen-bond donors (Lipinski definition) is 2. The van der Waals surface area contributed by atoms with Crippen LogP contribution in [0, 0.1) is 0 Å². The molecule has 0 radical (unpaired) electrons. The zero-order valence-corrected chi connectivity index (χ0v) is 18.9. The summed E-state index contributed by atoms with van der Waals surface area (Å²) < 4.78 is 28.4. The molecule has 0 amide bonds. The Morgan fingerprint density at radius 2 is 1.45 bits per heavy atom. The van der Waals surface area contributed by atoms with Crippen LogP contribution in [-0.4, -0.2) is 13.5 Å². The van der Waals surface area contributed by atoms with E-state index < -0.39 is 10.0 Å². The number of sulfonamides is 1. The molecule has 2 aromatic carbocycles. The Balaban J connectivity index is 2.66. The summed E-state index contributed by atoms with van der Waals surface area (Å²) >= 11 is 0. The maximum Gasteiger partial charge on any atom is 0.261 e. The Kier molecular flexibility index (Phi) is 9.08. The predicted molar refractivity (Wildman–Crippen MR) is 133 cm³/mol. The average molecular weight is 460 g/mol. The summed E-state index contributed by atoms with van der Waals surface area (Å²) in [6.45, 7) is 14.8. The number of allylic oxidation sites excluding steroid dienone is 6. The maximum atomic E-state index is 13.0. The zero-order valence-electron chi connectivity index (χ0n) is 18.1. The highest BCUT2D eigenvalue weighted by atomic mass is 32.2. The number of aliphatic hydroxyl groups is 1. The molecule has 0 heterocycles. The first-order valence-electron chi connectivity index (χ1n) is 9.80. The molecule has 33 heavy (non-hydrogen) atoms. The first-order valence-corrected chi connectivity index (χ1v) is 11.3. The molecule has 2 N–H and O–H groups in total. The third-order valence-corrected chi connectivity index (χ3v) is 5.66. The van der Waals surface area contributed by atoms with Gasteiger partial charge in [-0.3, -0.25) is 4.72 Å². The minimum Gasteiger partial charge on any atom is -0.505 e. The third-order valence-electron chi connectivity index (χ3n) is 4.28. The molecule has 0 aliphatic carbocycles. The van der Waals surface area contributed by atoms with Gasteiger partial charge in [-0.05, 0) is 42.0 Å². The second-order valence-corrected chi connectivity index (χ2v) is 8.13. The average Bonchev–Trinajstić information content (AvgIpc) is 2.83. The van der Waals surface area contributed by atoms with E-state index in [-0.39, 0.29) is 27.6 Å². The summed E-state index contributed by atoms with van der Waals surface area (Å²) in [5, 5.41) is 19.3. The molecule has 0 bridgehead atoms. The Morgan fingerprint density at radius 3 is 1.97 bits per heavy atom. The fourth-order valence-corrected chi connectivity index (χ4v) is 3.81. The first kappa shape index (κ1) is 25.0. The lowest BCUT2D eigenvalue weighted by Crippen LogP contribution is -2.25. The molecule has 7 heteroatoms. The van der Waals surface area contributed by atoms with Gasteiger partial charge in [0.15, 0.2) is 5.76 Å². The fourth-order valence-electron chi connectivity index (χ4n) is 2.72. The van der Waals surface area contributed by atoms with Crippen LogP contribution in [0.3, 0.4) is 0 Å². The molecule has 0 unspecified atom stereocenters. The quantitative estimate of drug-likeness (QED) is 0.230. The minimum atomic E-state index is -3.98. The van der Waals surface area contributed by atoms with Gasteiger partial charge in [-0.1, -0.05) is 80.9 Å². The maximum absolute atomic E-state index is 13.0. The van der Waals surface area contributed by atoms with Crippen molar-refractivity contribution < 1.29 is 13.5 Å². The largest absolute Gasteiger partial charge is 0.505 e. The van der Waals surface area contributed by atoms with Gasteiger partial charge in [-0.25, -0.2) is 8.42 Å². The van der Waals surface area contributed by atoms with Crippen molar-refractivity contribution in [3.63, 3.8) is 0 Å². The number of rotatable bonds is 11. The predicted octanol–water partition coefficient (Wildman–Crippen LogP) is 6.44. The summed E-state index contributed by atoms with van der Waals surface area (Å²) in [5.41, 5.74) is 1.06. The topological polar surface area (TPSA) is 91.1 Å². The summed E-state index contributed by atoms with van der Waals surface area (Å²) in [6.07, 6.45) is 6.97. The molecule has 0 aliphatic heterocycles. The lowest BCUT2D eigenvalue weighted by atomic mass is 10.0. The van der Waals surface area contributed by atoms with Gasteiger partial charge >= 0.3 is 0 Å². The smallest absolute Gasteiger partial charge is 0.261 e. The van der Waals surface area contributed by atoms with Crippen molar-refractivity contribution in [1.82, 2.24) is 4.72 Å². The van der Waals surface area contributed by atoms with Crippen molar-refractivity contribution in [2.75, 3.05) is 0 Å². The molecule has 0 saturated carbocycles. The molecule has 0 aromatic heterocycles. The molecular formula is C26H25N3O3S. The Labute approximate surface area is 194 Å². The highest BCUT2D eigenvalue weighted by Gasteiger charge is 2.22. The Hall–Kier alpha value is -4.23. The van der Waals surface area contributed by atoms with Crippen molar-refractivity contribution >= 4 is 15.7 Å². The molecule has 2 rings (SSSR count). The van der Waals surface area contributed by atoms with Crippen LogP contribution in [0.25, 0.3) is 0 Å². The number of aliphatic hydroxyl groups excluding tert-OH is 1. The number of nitrogens with zero attached hydrogens (tertiary/aromatic N) is 2. The molecular weight excluding hydrogens is 434 g/mol. The van der Waals surface area contributed by atoms with E-state index in [1.165, 1.54) is 42.5 Å². The first-order chi connectivity index (χ1) is 15.9. The van der Waals surface area contributed by atoms with Crippen molar-refractivity contribution in [3.05, 3.63) is 146 Å². The van der Waals surface area contributed by atoms with Crippen molar-refractivity contribution in [1.29, 1.82) is 0 Å². The summed E-state index contributed by atoms with van der Waals surface area (Å²) in [5.74, 6) is -0.372. The molecule has 0 atom stereocenters. The summed E-state index contributed by atoms with van der Waals surface area (Å²) in [7, 11) is -3.98. The monoisotopic (exact) mass is 459 g/mol. The summed E-state index contributed by atoms with van der Waals surface area (Å²) in [4.78, 5) is 0.0502. The van der Waals surface area contributed by atoms with Gasteiger partial charge in [0.05, 0.1) is 16.3 Å². The minimum absolute atomic E-state index is 0.0175. The van der Waals surface area contributed by atoms with E-state index >= 15 is 0 Å². The van der Waals surface area contributed by atoms with Crippen molar-refractivity contribution in [2.45, 2.75) is 4.90 Å².